The molecule has 174 valence electrons. The highest BCUT2D eigenvalue weighted by atomic mass is 32.2. The molecule has 1 amide bonds. The van der Waals surface area contributed by atoms with Gasteiger partial charge in [0.1, 0.15) is 24.7 Å². The Morgan fingerprint density at radius 2 is 1.42 bits per heavy atom. The van der Waals surface area contributed by atoms with E-state index in [9.17, 15) is 13.2 Å². The monoisotopic (exact) mass is 468 g/mol. The Balaban J connectivity index is 1.61. The molecule has 0 bridgehead atoms. The van der Waals surface area contributed by atoms with E-state index in [1.54, 1.807) is 57.2 Å². The molecule has 3 rings (SSSR count). The molecule has 0 fully saturated rings. The molecule has 33 heavy (non-hydrogen) atoms. The van der Waals surface area contributed by atoms with Gasteiger partial charge >= 0.3 is 0 Å². The van der Waals surface area contributed by atoms with Crippen molar-refractivity contribution in [1.82, 2.24) is 4.72 Å². The van der Waals surface area contributed by atoms with Gasteiger partial charge < -0.3 is 14.8 Å². The molecule has 2 N–H and O–H groups in total. The first-order chi connectivity index (χ1) is 15.6. The lowest BCUT2D eigenvalue weighted by atomic mass is 10.1. The number of benzene rings is 3. The summed E-state index contributed by atoms with van der Waals surface area (Å²) in [6.45, 7) is 5.91. The number of amides is 1. The van der Waals surface area contributed by atoms with Gasteiger partial charge in [0.25, 0.3) is 5.91 Å². The lowest BCUT2D eigenvalue weighted by Gasteiger charge is -2.20. The van der Waals surface area contributed by atoms with Gasteiger partial charge in [-0.1, -0.05) is 30.3 Å². The second-order valence-corrected chi connectivity index (χ2v) is 10.0. The Morgan fingerprint density at radius 1 is 0.818 bits per heavy atom. The summed E-state index contributed by atoms with van der Waals surface area (Å²) < 4.78 is 38.8. The zero-order valence-electron chi connectivity index (χ0n) is 18.9. The molecule has 0 aliphatic heterocycles. The van der Waals surface area contributed by atoms with Gasteiger partial charge in [-0.2, -0.15) is 0 Å². The first-order valence-electron chi connectivity index (χ1n) is 10.5. The molecule has 0 radical (unpaired) electrons. The topological polar surface area (TPSA) is 93.7 Å². The van der Waals surface area contributed by atoms with Crippen LogP contribution < -0.4 is 19.5 Å². The summed E-state index contributed by atoms with van der Waals surface area (Å²) in [6, 6.07) is 22.3. The highest BCUT2D eigenvalue weighted by molar-refractivity contribution is 7.89. The van der Waals surface area contributed by atoms with E-state index in [0.29, 0.717) is 23.6 Å². The molecule has 0 aliphatic rings. The Bertz CT molecular complexity index is 1170. The van der Waals surface area contributed by atoms with Crippen LogP contribution in [0.5, 0.6) is 11.5 Å². The van der Waals surface area contributed by atoms with Gasteiger partial charge in [0.05, 0.1) is 10.5 Å². The zero-order chi connectivity index (χ0) is 23.9. The third-order valence-corrected chi connectivity index (χ3v) is 6.12. The summed E-state index contributed by atoms with van der Waals surface area (Å²) in [5, 5.41) is 2.78. The van der Waals surface area contributed by atoms with E-state index in [2.05, 4.69) is 10.0 Å². The summed E-state index contributed by atoms with van der Waals surface area (Å²) in [7, 11) is -3.65. The predicted octanol–water partition coefficient (Wildman–Crippen LogP) is 4.47. The minimum absolute atomic E-state index is 0.123. The number of carbonyl (C=O) groups excluding carboxylic acids is 1. The smallest absolute Gasteiger partial charge is 0.259 e. The van der Waals surface area contributed by atoms with Gasteiger partial charge in [-0.15, -0.1) is 0 Å². The zero-order valence-corrected chi connectivity index (χ0v) is 19.7. The first-order valence-corrected chi connectivity index (χ1v) is 12.0. The summed E-state index contributed by atoms with van der Waals surface area (Å²) in [5.74, 6) is 0.813. The van der Waals surface area contributed by atoms with Crippen molar-refractivity contribution in [2.45, 2.75) is 31.2 Å². The molecule has 0 heterocycles. The number of para-hydroxylation sites is 2. The highest BCUT2D eigenvalue weighted by Crippen LogP contribution is 2.21. The maximum absolute atomic E-state index is 12.8. The highest BCUT2D eigenvalue weighted by Gasteiger charge is 2.22. The number of hydrogen-bond acceptors (Lipinski definition) is 5. The fourth-order valence-corrected chi connectivity index (χ4v) is 4.40. The van der Waals surface area contributed by atoms with Crippen molar-refractivity contribution in [2.75, 3.05) is 18.5 Å². The van der Waals surface area contributed by atoms with Gasteiger partial charge in [0.15, 0.2) is 0 Å². The van der Waals surface area contributed by atoms with Crippen LogP contribution in [0.25, 0.3) is 0 Å². The third-order valence-electron chi connectivity index (χ3n) is 4.35. The summed E-state index contributed by atoms with van der Waals surface area (Å²) in [4.78, 5) is 12.9. The number of anilines is 1. The molecule has 0 unspecified atom stereocenters. The van der Waals surface area contributed by atoms with Crippen molar-refractivity contribution < 1.29 is 22.7 Å². The number of carbonyl (C=O) groups is 1. The van der Waals surface area contributed by atoms with Gasteiger partial charge in [0.2, 0.25) is 10.0 Å². The van der Waals surface area contributed by atoms with Crippen LogP contribution in [0.4, 0.5) is 5.69 Å². The largest absolute Gasteiger partial charge is 0.490 e. The Kier molecular flexibility index (Phi) is 7.73. The van der Waals surface area contributed by atoms with E-state index in [-0.39, 0.29) is 17.4 Å². The Morgan fingerprint density at radius 3 is 2.09 bits per heavy atom. The molecule has 8 heteroatoms. The molecule has 0 atom stereocenters. The Hall–Kier alpha value is -3.36. The number of hydrogen-bond donors (Lipinski definition) is 2. The van der Waals surface area contributed by atoms with Crippen LogP contribution in [-0.2, 0) is 10.0 Å². The SMILES string of the molecule is CC(C)(C)NS(=O)(=O)c1ccc(NC(=O)c2ccccc2OCCOc2ccccc2)cc1. The first kappa shape index (κ1) is 24.3. The predicted molar refractivity (Wildman–Crippen MR) is 128 cm³/mol. The van der Waals surface area contributed by atoms with Gasteiger partial charge in [0, 0.05) is 11.2 Å². The van der Waals surface area contributed by atoms with E-state index in [4.69, 9.17) is 9.47 Å². The molecule has 0 spiro atoms. The van der Waals surface area contributed by atoms with E-state index in [1.165, 1.54) is 12.1 Å². The molecule has 0 aromatic heterocycles. The fraction of sp³-hybridized carbons (Fsp3) is 0.240. The van der Waals surface area contributed by atoms with Crippen LogP contribution in [0, 0.1) is 0 Å². The van der Waals surface area contributed by atoms with Crippen LogP contribution in [0.1, 0.15) is 31.1 Å². The summed E-state index contributed by atoms with van der Waals surface area (Å²) in [5.41, 5.74) is 0.238. The van der Waals surface area contributed by atoms with Crippen molar-refractivity contribution in [3.63, 3.8) is 0 Å². The number of sulfonamides is 1. The van der Waals surface area contributed by atoms with E-state index >= 15 is 0 Å². The average Bonchev–Trinajstić information content (AvgIpc) is 2.76. The molecule has 0 saturated heterocycles. The maximum atomic E-state index is 12.8. The van der Waals surface area contributed by atoms with Gasteiger partial charge in [-0.25, -0.2) is 13.1 Å². The second-order valence-electron chi connectivity index (χ2n) is 8.34. The van der Waals surface area contributed by atoms with Crippen LogP contribution in [-0.4, -0.2) is 33.1 Å². The van der Waals surface area contributed by atoms with E-state index in [0.717, 1.165) is 5.75 Å². The minimum Gasteiger partial charge on any atom is -0.490 e. The molecule has 3 aromatic carbocycles. The number of nitrogens with one attached hydrogen (secondary N) is 2. The van der Waals surface area contributed by atoms with Crippen LogP contribution >= 0.6 is 0 Å². The fourth-order valence-electron chi connectivity index (χ4n) is 2.99. The van der Waals surface area contributed by atoms with Crippen LogP contribution in [0.3, 0.4) is 0 Å². The summed E-state index contributed by atoms with van der Waals surface area (Å²) in [6.07, 6.45) is 0. The number of ether oxygens (including phenoxy) is 2. The van der Waals surface area contributed by atoms with Crippen molar-refractivity contribution in [2.24, 2.45) is 0 Å². The van der Waals surface area contributed by atoms with Crippen molar-refractivity contribution in [3.05, 3.63) is 84.4 Å². The Labute approximate surface area is 194 Å². The molecule has 0 aliphatic carbocycles. The van der Waals surface area contributed by atoms with Crippen LogP contribution in [0.15, 0.2) is 83.8 Å². The van der Waals surface area contributed by atoms with Gasteiger partial charge in [-0.05, 0) is 69.3 Å². The van der Waals surface area contributed by atoms with E-state index < -0.39 is 15.6 Å². The second kappa shape index (κ2) is 10.5. The van der Waals surface area contributed by atoms with Crippen molar-refractivity contribution >= 4 is 21.6 Å². The molecular weight excluding hydrogens is 440 g/mol. The average molecular weight is 469 g/mol. The van der Waals surface area contributed by atoms with Crippen LogP contribution in [0.2, 0.25) is 0 Å². The normalized spacial score (nSPS) is 11.6. The number of rotatable bonds is 9. The molecular formula is C25H28N2O5S. The molecule has 3 aromatic rings. The molecule has 0 saturated carbocycles. The lowest BCUT2D eigenvalue weighted by Crippen LogP contribution is -2.40. The minimum atomic E-state index is -3.65. The molecule has 7 nitrogen and oxygen atoms in total. The van der Waals surface area contributed by atoms with E-state index in [1.807, 2.05) is 30.3 Å². The lowest BCUT2D eigenvalue weighted by molar-refractivity contribution is 0.102. The standard InChI is InChI=1S/C25H28N2O5S/c1-25(2,3)27-33(29,30)21-15-13-19(14-16-21)26-24(28)22-11-7-8-12-23(22)32-18-17-31-20-9-5-4-6-10-20/h4-16,27H,17-18H2,1-3H3,(H,26,28). The maximum Gasteiger partial charge on any atom is 0.259 e. The quantitative estimate of drug-likeness (QED) is 0.452. The van der Waals surface area contributed by atoms with Crippen molar-refractivity contribution in [3.8, 4) is 11.5 Å². The third kappa shape index (κ3) is 7.34. The summed E-state index contributed by atoms with van der Waals surface area (Å²) >= 11 is 0. The van der Waals surface area contributed by atoms with Crippen molar-refractivity contribution in [1.29, 1.82) is 0 Å². The van der Waals surface area contributed by atoms with Gasteiger partial charge in [-0.3, -0.25) is 4.79 Å².